The zero-order chi connectivity index (χ0) is 10.7. The van der Waals surface area contributed by atoms with E-state index in [2.05, 4.69) is 19.2 Å². The first-order valence-electron chi connectivity index (χ1n) is 6.71. The van der Waals surface area contributed by atoms with Gasteiger partial charge in [-0.15, -0.1) is 0 Å². The summed E-state index contributed by atoms with van der Waals surface area (Å²) in [6.07, 6.45) is 7.11. The van der Waals surface area contributed by atoms with E-state index in [0.717, 1.165) is 24.5 Å². The van der Waals surface area contributed by atoms with Crippen molar-refractivity contribution in [3.63, 3.8) is 0 Å². The minimum atomic E-state index is 0.528. The van der Waals surface area contributed by atoms with Crippen molar-refractivity contribution in [2.24, 2.45) is 11.8 Å². The zero-order valence-corrected chi connectivity index (χ0v) is 10.2. The number of ether oxygens (including phenoxy) is 1. The van der Waals surface area contributed by atoms with Gasteiger partial charge in [0.1, 0.15) is 0 Å². The van der Waals surface area contributed by atoms with Crippen LogP contribution in [0.25, 0.3) is 0 Å². The molecule has 15 heavy (non-hydrogen) atoms. The maximum Gasteiger partial charge on any atom is 0.0616 e. The van der Waals surface area contributed by atoms with E-state index in [1.54, 1.807) is 0 Å². The minimum absolute atomic E-state index is 0.528. The van der Waals surface area contributed by atoms with Crippen LogP contribution in [0.1, 0.15) is 46.0 Å². The maximum absolute atomic E-state index is 5.81. The summed E-state index contributed by atoms with van der Waals surface area (Å²) in [5.74, 6) is 1.74. The van der Waals surface area contributed by atoms with Crippen molar-refractivity contribution >= 4 is 0 Å². The molecule has 0 radical (unpaired) electrons. The second-order valence-corrected chi connectivity index (χ2v) is 5.09. The topological polar surface area (TPSA) is 21.3 Å². The van der Waals surface area contributed by atoms with Gasteiger partial charge >= 0.3 is 0 Å². The molecule has 88 valence electrons. The second-order valence-electron chi connectivity index (χ2n) is 5.09. The first-order chi connectivity index (χ1) is 7.36. The Bertz CT molecular complexity index is 191. The highest BCUT2D eigenvalue weighted by molar-refractivity contribution is 4.95. The molecular weight excluding hydrogens is 186 g/mol. The Balaban J connectivity index is 1.90. The molecule has 2 aliphatic rings. The van der Waals surface area contributed by atoms with Crippen LogP contribution in [-0.2, 0) is 4.74 Å². The van der Waals surface area contributed by atoms with Crippen LogP contribution in [-0.4, -0.2) is 25.3 Å². The van der Waals surface area contributed by atoms with Gasteiger partial charge in [0.25, 0.3) is 0 Å². The zero-order valence-electron chi connectivity index (χ0n) is 10.2. The van der Waals surface area contributed by atoms with Crippen molar-refractivity contribution in [3.8, 4) is 0 Å². The molecule has 0 aromatic heterocycles. The van der Waals surface area contributed by atoms with Crippen LogP contribution < -0.4 is 5.32 Å². The standard InChI is InChI=1S/C13H25NO/c1-3-8-14-13(10-5-6-10)11-7-9-15-12(11)4-2/h10-14H,3-9H2,1-2H3. The van der Waals surface area contributed by atoms with Gasteiger partial charge in [-0.1, -0.05) is 13.8 Å². The fourth-order valence-electron chi connectivity index (χ4n) is 2.93. The second kappa shape index (κ2) is 5.31. The van der Waals surface area contributed by atoms with E-state index in [-0.39, 0.29) is 0 Å². The molecule has 1 heterocycles. The summed E-state index contributed by atoms with van der Waals surface area (Å²) in [5, 5.41) is 3.76. The van der Waals surface area contributed by atoms with Crippen molar-refractivity contribution in [3.05, 3.63) is 0 Å². The fraction of sp³-hybridized carbons (Fsp3) is 1.00. The van der Waals surface area contributed by atoms with E-state index in [4.69, 9.17) is 4.74 Å². The van der Waals surface area contributed by atoms with Gasteiger partial charge in [0.05, 0.1) is 6.10 Å². The molecule has 1 aliphatic carbocycles. The first-order valence-corrected chi connectivity index (χ1v) is 6.71. The van der Waals surface area contributed by atoms with Crippen LogP contribution in [0.5, 0.6) is 0 Å². The average molecular weight is 211 g/mol. The van der Waals surface area contributed by atoms with E-state index < -0.39 is 0 Å². The smallest absolute Gasteiger partial charge is 0.0616 e. The van der Waals surface area contributed by atoms with Gasteiger partial charge in [-0.25, -0.2) is 0 Å². The Hall–Kier alpha value is -0.0800. The highest BCUT2D eigenvalue weighted by Crippen LogP contribution is 2.40. The fourth-order valence-corrected chi connectivity index (χ4v) is 2.93. The van der Waals surface area contributed by atoms with Crippen LogP contribution in [0, 0.1) is 11.8 Å². The first kappa shape index (κ1) is 11.4. The van der Waals surface area contributed by atoms with Crippen molar-refractivity contribution in [2.45, 2.75) is 58.1 Å². The molecule has 2 fully saturated rings. The Kier molecular flexibility index (Phi) is 4.04. The van der Waals surface area contributed by atoms with E-state index >= 15 is 0 Å². The highest BCUT2D eigenvalue weighted by Gasteiger charge is 2.41. The molecule has 0 amide bonds. The lowest BCUT2D eigenvalue weighted by Gasteiger charge is -2.28. The van der Waals surface area contributed by atoms with Gasteiger partial charge in [-0.05, 0) is 44.6 Å². The molecule has 3 unspecified atom stereocenters. The summed E-state index contributed by atoms with van der Waals surface area (Å²) in [6, 6.07) is 0.748. The van der Waals surface area contributed by atoms with Crippen LogP contribution in [0.15, 0.2) is 0 Å². The van der Waals surface area contributed by atoms with Gasteiger partial charge in [0.2, 0.25) is 0 Å². The molecule has 1 saturated heterocycles. The van der Waals surface area contributed by atoms with Gasteiger partial charge < -0.3 is 10.1 Å². The molecule has 1 N–H and O–H groups in total. The summed E-state index contributed by atoms with van der Waals surface area (Å²) in [6.45, 7) is 6.67. The lowest BCUT2D eigenvalue weighted by atomic mass is 9.88. The third kappa shape index (κ3) is 2.73. The largest absolute Gasteiger partial charge is 0.378 e. The molecule has 3 atom stereocenters. The predicted molar refractivity (Wildman–Crippen MR) is 62.9 cm³/mol. The van der Waals surface area contributed by atoms with Crippen molar-refractivity contribution in [1.29, 1.82) is 0 Å². The molecule has 0 bridgehead atoms. The highest BCUT2D eigenvalue weighted by atomic mass is 16.5. The van der Waals surface area contributed by atoms with E-state index in [1.165, 1.54) is 38.6 Å². The van der Waals surface area contributed by atoms with Crippen molar-refractivity contribution < 1.29 is 4.74 Å². The Morgan fingerprint density at radius 3 is 2.67 bits per heavy atom. The maximum atomic E-state index is 5.81. The van der Waals surface area contributed by atoms with Crippen LogP contribution in [0.3, 0.4) is 0 Å². The Labute approximate surface area is 93.8 Å². The van der Waals surface area contributed by atoms with Crippen LogP contribution in [0.2, 0.25) is 0 Å². The molecule has 1 aliphatic heterocycles. The SMILES string of the molecule is CCCNC(C1CC1)C1CCOC1CC. The summed E-state index contributed by atoms with van der Waals surface area (Å²) in [7, 11) is 0. The predicted octanol–water partition coefficient (Wildman–Crippen LogP) is 2.58. The summed E-state index contributed by atoms with van der Waals surface area (Å²) in [5.41, 5.74) is 0. The lowest BCUT2D eigenvalue weighted by molar-refractivity contribution is 0.0748. The quantitative estimate of drug-likeness (QED) is 0.729. The summed E-state index contributed by atoms with van der Waals surface area (Å²) >= 11 is 0. The molecular formula is C13H25NO. The molecule has 0 spiro atoms. The molecule has 2 rings (SSSR count). The third-order valence-electron chi connectivity index (χ3n) is 3.88. The normalized spacial score (nSPS) is 33.2. The average Bonchev–Trinajstić information content (AvgIpc) is 2.97. The molecule has 0 aromatic carbocycles. The van der Waals surface area contributed by atoms with Crippen LogP contribution in [0.4, 0.5) is 0 Å². The number of hydrogen-bond acceptors (Lipinski definition) is 2. The number of rotatable bonds is 6. The van der Waals surface area contributed by atoms with Gasteiger partial charge in [-0.2, -0.15) is 0 Å². The van der Waals surface area contributed by atoms with Crippen molar-refractivity contribution in [1.82, 2.24) is 5.32 Å². The number of nitrogens with one attached hydrogen (secondary N) is 1. The number of hydrogen-bond donors (Lipinski definition) is 1. The van der Waals surface area contributed by atoms with Gasteiger partial charge in [0, 0.05) is 18.6 Å². The molecule has 2 nitrogen and oxygen atoms in total. The monoisotopic (exact) mass is 211 g/mol. The van der Waals surface area contributed by atoms with Crippen LogP contribution >= 0.6 is 0 Å². The lowest BCUT2D eigenvalue weighted by Crippen LogP contribution is -2.41. The summed E-state index contributed by atoms with van der Waals surface area (Å²) in [4.78, 5) is 0. The molecule has 2 heteroatoms. The van der Waals surface area contributed by atoms with E-state index in [1.807, 2.05) is 0 Å². The van der Waals surface area contributed by atoms with Gasteiger partial charge in [0.15, 0.2) is 0 Å². The van der Waals surface area contributed by atoms with Crippen molar-refractivity contribution in [2.75, 3.05) is 13.2 Å². The van der Waals surface area contributed by atoms with E-state index in [9.17, 15) is 0 Å². The Morgan fingerprint density at radius 1 is 1.27 bits per heavy atom. The molecule has 1 saturated carbocycles. The summed E-state index contributed by atoms with van der Waals surface area (Å²) < 4.78 is 5.81. The Morgan fingerprint density at radius 2 is 2.07 bits per heavy atom. The minimum Gasteiger partial charge on any atom is -0.378 e. The third-order valence-corrected chi connectivity index (χ3v) is 3.88. The van der Waals surface area contributed by atoms with E-state index in [0.29, 0.717) is 6.10 Å². The molecule has 0 aromatic rings. The van der Waals surface area contributed by atoms with Gasteiger partial charge in [-0.3, -0.25) is 0 Å².